The Morgan fingerprint density at radius 1 is 1.20 bits per heavy atom. The number of furan rings is 1. The Morgan fingerprint density at radius 3 is 2.80 bits per heavy atom. The number of hydrogen-bond donors (Lipinski definition) is 0. The van der Waals surface area contributed by atoms with Gasteiger partial charge in [0.2, 0.25) is 5.78 Å². The van der Waals surface area contributed by atoms with Crippen molar-refractivity contribution in [3.05, 3.63) is 70.2 Å². The lowest BCUT2D eigenvalue weighted by molar-refractivity contribution is 0.101. The number of halogens is 2. The first-order valence-electron chi connectivity index (χ1n) is 6.05. The Bertz CT molecular complexity index is 820. The van der Waals surface area contributed by atoms with Gasteiger partial charge < -0.3 is 4.42 Å². The lowest BCUT2D eigenvalue weighted by Gasteiger charge is -2.04. The summed E-state index contributed by atoms with van der Waals surface area (Å²) in [7, 11) is 0. The third-order valence-corrected chi connectivity index (χ3v) is 3.62. The van der Waals surface area contributed by atoms with Gasteiger partial charge in [0.15, 0.2) is 5.76 Å². The first-order valence-corrected chi connectivity index (χ1v) is 6.43. The van der Waals surface area contributed by atoms with Gasteiger partial charge in [0, 0.05) is 16.0 Å². The van der Waals surface area contributed by atoms with Gasteiger partial charge in [-0.3, -0.25) is 4.79 Å². The fourth-order valence-electron chi connectivity index (χ4n) is 2.11. The van der Waals surface area contributed by atoms with Crippen LogP contribution in [0.15, 0.2) is 46.9 Å². The van der Waals surface area contributed by atoms with Crippen LogP contribution < -0.4 is 0 Å². The topological polar surface area (TPSA) is 30.2 Å². The number of carbonyl (C=O) groups is 1. The van der Waals surface area contributed by atoms with Gasteiger partial charge in [0.1, 0.15) is 11.4 Å². The lowest BCUT2D eigenvalue weighted by Crippen LogP contribution is -2.02. The highest BCUT2D eigenvalue weighted by Gasteiger charge is 2.17. The Morgan fingerprint density at radius 2 is 2.00 bits per heavy atom. The molecule has 0 saturated heterocycles. The third kappa shape index (κ3) is 2.10. The van der Waals surface area contributed by atoms with Gasteiger partial charge in [-0.1, -0.05) is 23.7 Å². The maximum atomic E-state index is 13.1. The summed E-state index contributed by atoms with van der Waals surface area (Å²) in [6, 6.07) is 10.8. The van der Waals surface area contributed by atoms with E-state index in [0.717, 1.165) is 0 Å². The minimum Gasteiger partial charge on any atom is -0.453 e. The number of carbonyl (C=O) groups excluding carboxylic acids is 1. The molecular weight excluding hydrogens is 279 g/mol. The van der Waals surface area contributed by atoms with Gasteiger partial charge in [0.05, 0.1) is 0 Å². The van der Waals surface area contributed by atoms with E-state index in [0.29, 0.717) is 27.1 Å². The minimum absolute atomic E-state index is 0.177. The zero-order valence-electron chi connectivity index (χ0n) is 10.6. The molecule has 0 radical (unpaired) electrons. The second-order valence-electron chi connectivity index (χ2n) is 4.53. The molecule has 2 nitrogen and oxygen atoms in total. The molecule has 0 N–H and O–H groups in total. The van der Waals surface area contributed by atoms with E-state index in [1.807, 2.05) is 0 Å². The van der Waals surface area contributed by atoms with Crippen LogP contribution in [0.1, 0.15) is 21.7 Å². The van der Waals surface area contributed by atoms with Crippen LogP contribution in [0.25, 0.3) is 11.0 Å². The standard InChI is InChI=1S/C16H10ClFO2/c1-9-12(3-2-4-13(9)17)16(19)15-8-10-7-11(18)5-6-14(10)20-15/h2-8H,1H3. The molecule has 0 atom stereocenters. The highest BCUT2D eigenvalue weighted by atomic mass is 35.5. The number of ketones is 1. The van der Waals surface area contributed by atoms with Crippen molar-refractivity contribution in [3.8, 4) is 0 Å². The molecule has 3 aromatic rings. The van der Waals surface area contributed by atoms with E-state index in [9.17, 15) is 9.18 Å². The highest BCUT2D eigenvalue weighted by molar-refractivity contribution is 6.32. The largest absolute Gasteiger partial charge is 0.453 e. The van der Waals surface area contributed by atoms with Crippen molar-refractivity contribution in [2.24, 2.45) is 0 Å². The van der Waals surface area contributed by atoms with Gasteiger partial charge >= 0.3 is 0 Å². The Balaban J connectivity index is 2.10. The van der Waals surface area contributed by atoms with Crippen molar-refractivity contribution in [1.29, 1.82) is 0 Å². The highest BCUT2D eigenvalue weighted by Crippen LogP contribution is 2.25. The summed E-state index contributed by atoms with van der Waals surface area (Å²) in [5.74, 6) is -0.450. The van der Waals surface area contributed by atoms with E-state index in [-0.39, 0.29) is 17.4 Å². The van der Waals surface area contributed by atoms with Gasteiger partial charge in [-0.2, -0.15) is 0 Å². The van der Waals surface area contributed by atoms with Gasteiger partial charge in [0.25, 0.3) is 0 Å². The van der Waals surface area contributed by atoms with Crippen LogP contribution in [0.4, 0.5) is 4.39 Å². The predicted octanol–water partition coefficient (Wildman–Crippen LogP) is 4.76. The third-order valence-electron chi connectivity index (χ3n) is 3.21. The molecule has 0 spiro atoms. The van der Waals surface area contributed by atoms with E-state index in [2.05, 4.69) is 0 Å². The van der Waals surface area contributed by atoms with Crippen LogP contribution in [-0.2, 0) is 0 Å². The minimum atomic E-state index is -0.365. The molecule has 0 unspecified atom stereocenters. The van der Waals surface area contributed by atoms with Crippen molar-refractivity contribution in [2.75, 3.05) is 0 Å². The van der Waals surface area contributed by atoms with Crippen LogP contribution >= 0.6 is 11.6 Å². The van der Waals surface area contributed by atoms with Crippen molar-refractivity contribution in [2.45, 2.75) is 6.92 Å². The zero-order chi connectivity index (χ0) is 14.3. The molecule has 20 heavy (non-hydrogen) atoms. The molecule has 0 aliphatic carbocycles. The first-order chi connectivity index (χ1) is 9.56. The lowest BCUT2D eigenvalue weighted by atomic mass is 10.0. The average Bonchev–Trinajstić information content (AvgIpc) is 2.84. The first kappa shape index (κ1) is 12.9. The summed E-state index contributed by atoms with van der Waals surface area (Å²) in [5, 5.41) is 1.09. The fraction of sp³-hybridized carbons (Fsp3) is 0.0625. The SMILES string of the molecule is Cc1c(Cl)cccc1C(=O)c1cc2cc(F)ccc2o1. The molecule has 1 aromatic heterocycles. The summed E-state index contributed by atoms with van der Waals surface area (Å²) >= 11 is 6.01. The maximum absolute atomic E-state index is 13.1. The number of benzene rings is 2. The van der Waals surface area contributed by atoms with E-state index in [1.54, 1.807) is 31.2 Å². The summed E-state index contributed by atoms with van der Waals surface area (Å²) in [4.78, 5) is 12.4. The molecule has 0 bridgehead atoms. The number of hydrogen-bond acceptors (Lipinski definition) is 2. The smallest absolute Gasteiger partial charge is 0.228 e. The molecule has 1 heterocycles. The monoisotopic (exact) mass is 288 g/mol. The van der Waals surface area contributed by atoms with Crippen LogP contribution in [0, 0.1) is 12.7 Å². The summed E-state index contributed by atoms with van der Waals surface area (Å²) < 4.78 is 18.6. The summed E-state index contributed by atoms with van der Waals surface area (Å²) in [6.45, 7) is 1.78. The van der Waals surface area contributed by atoms with E-state index < -0.39 is 0 Å². The number of rotatable bonds is 2. The van der Waals surface area contributed by atoms with Crippen molar-refractivity contribution >= 4 is 28.4 Å². The fourth-order valence-corrected chi connectivity index (χ4v) is 2.29. The average molecular weight is 289 g/mol. The zero-order valence-corrected chi connectivity index (χ0v) is 11.4. The second-order valence-corrected chi connectivity index (χ2v) is 4.94. The Kier molecular flexibility index (Phi) is 3.07. The predicted molar refractivity (Wildman–Crippen MR) is 75.8 cm³/mol. The quantitative estimate of drug-likeness (QED) is 0.636. The molecule has 4 heteroatoms. The van der Waals surface area contributed by atoms with Crippen LogP contribution in [0.2, 0.25) is 5.02 Å². The molecular formula is C16H10ClFO2. The molecule has 0 saturated carbocycles. The Hall–Kier alpha value is -2.13. The van der Waals surface area contributed by atoms with Gasteiger partial charge in [-0.25, -0.2) is 4.39 Å². The summed E-state index contributed by atoms with van der Waals surface area (Å²) in [5.41, 5.74) is 1.66. The van der Waals surface area contributed by atoms with Crippen molar-refractivity contribution < 1.29 is 13.6 Å². The van der Waals surface area contributed by atoms with E-state index in [1.165, 1.54) is 18.2 Å². The second kappa shape index (κ2) is 4.76. The Labute approximate surface area is 119 Å². The molecule has 2 aromatic carbocycles. The normalized spacial score (nSPS) is 10.9. The van der Waals surface area contributed by atoms with Crippen LogP contribution in [0.3, 0.4) is 0 Å². The maximum Gasteiger partial charge on any atom is 0.228 e. The molecule has 0 aliphatic rings. The van der Waals surface area contributed by atoms with Crippen molar-refractivity contribution in [1.82, 2.24) is 0 Å². The molecule has 0 aliphatic heterocycles. The molecule has 0 amide bonds. The number of fused-ring (bicyclic) bond motifs is 1. The van der Waals surface area contributed by atoms with E-state index in [4.69, 9.17) is 16.0 Å². The van der Waals surface area contributed by atoms with Crippen molar-refractivity contribution in [3.63, 3.8) is 0 Å². The van der Waals surface area contributed by atoms with E-state index >= 15 is 0 Å². The summed E-state index contributed by atoms with van der Waals surface area (Å²) in [6.07, 6.45) is 0. The molecule has 0 fully saturated rings. The molecule has 3 rings (SSSR count). The van der Waals surface area contributed by atoms with Crippen LogP contribution in [0.5, 0.6) is 0 Å². The van der Waals surface area contributed by atoms with Gasteiger partial charge in [-0.15, -0.1) is 0 Å². The van der Waals surface area contributed by atoms with Gasteiger partial charge in [-0.05, 0) is 42.8 Å². The van der Waals surface area contributed by atoms with Crippen LogP contribution in [-0.4, -0.2) is 5.78 Å². The molecule has 100 valence electrons.